The first-order chi connectivity index (χ1) is 17.9. The molecule has 5 aromatic rings. The fourth-order valence-corrected chi connectivity index (χ4v) is 7.80. The Kier molecular flexibility index (Phi) is 7.43. The van der Waals surface area contributed by atoms with E-state index in [1.165, 1.54) is 0 Å². The minimum absolute atomic E-state index is 0.140. The fourth-order valence-electron chi connectivity index (χ4n) is 4.43. The first-order valence-corrected chi connectivity index (χ1v) is 15.0. The van der Waals surface area contributed by atoms with E-state index in [4.69, 9.17) is 9.72 Å². The summed E-state index contributed by atoms with van der Waals surface area (Å²) in [5, 5.41) is 2.75. The maximum absolute atomic E-state index is 15.3. The van der Waals surface area contributed by atoms with E-state index in [1.54, 1.807) is 6.92 Å². The van der Waals surface area contributed by atoms with E-state index in [0.29, 0.717) is 27.0 Å². The van der Waals surface area contributed by atoms with Crippen LogP contribution in [0.25, 0.3) is 21.9 Å². The minimum atomic E-state index is -3.49. The van der Waals surface area contributed by atoms with Gasteiger partial charge in [-0.15, -0.1) is 0 Å². The van der Waals surface area contributed by atoms with Crippen molar-refractivity contribution in [2.75, 3.05) is 6.61 Å². The number of carbonyl (C=O) groups is 1. The van der Waals surface area contributed by atoms with Crippen molar-refractivity contribution in [3.63, 3.8) is 0 Å². The number of carbonyl (C=O) groups excluding carboxylic acids is 1. The van der Waals surface area contributed by atoms with Crippen molar-refractivity contribution in [3.05, 3.63) is 118 Å². The second kappa shape index (κ2) is 10.7. The van der Waals surface area contributed by atoms with Gasteiger partial charge in [-0.05, 0) is 42.1 Å². The third-order valence-corrected chi connectivity index (χ3v) is 10.1. The number of benzene rings is 4. The van der Waals surface area contributed by atoms with E-state index < -0.39 is 13.1 Å². The van der Waals surface area contributed by atoms with Crippen molar-refractivity contribution < 1.29 is 14.1 Å². The zero-order chi connectivity index (χ0) is 26.0. The molecule has 0 atom stereocenters. The van der Waals surface area contributed by atoms with Gasteiger partial charge in [-0.3, -0.25) is 0 Å². The van der Waals surface area contributed by atoms with Gasteiger partial charge in [-0.1, -0.05) is 111 Å². The fraction of sp³-hybridized carbons (Fsp3) is 0.0667. The highest BCUT2D eigenvalue weighted by Gasteiger charge is 2.35. The molecular weight excluding hydrogens is 613 g/mol. The van der Waals surface area contributed by atoms with Gasteiger partial charge in [0, 0.05) is 30.5 Å². The minimum Gasteiger partial charge on any atom is -0.461 e. The Morgan fingerprint density at radius 3 is 1.92 bits per heavy atom. The Morgan fingerprint density at radius 1 is 0.784 bits per heavy atom. The van der Waals surface area contributed by atoms with Crippen LogP contribution >= 0.6 is 39.0 Å². The van der Waals surface area contributed by atoms with Crippen molar-refractivity contribution in [3.8, 4) is 11.1 Å². The van der Waals surface area contributed by atoms with Crippen LogP contribution in [0.5, 0.6) is 0 Å². The molecule has 0 aliphatic carbocycles. The average molecular weight is 635 g/mol. The molecule has 4 aromatic carbocycles. The van der Waals surface area contributed by atoms with Crippen LogP contribution < -0.4 is 16.0 Å². The highest BCUT2D eigenvalue weighted by Crippen LogP contribution is 2.46. The zero-order valence-corrected chi connectivity index (χ0v) is 24.0. The number of rotatable bonds is 6. The number of hydrogen-bond acceptors (Lipinski definition) is 4. The van der Waals surface area contributed by atoms with E-state index >= 15 is 4.57 Å². The largest absolute Gasteiger partial charge is 0.461 e. The number of esters is 1. The lowest BCUT2D eigenvalue weighted by Gasteiger charge is -2.23. The van der Waals surface area contributed by atoms with E-state index in [1.807, 2.05) is 103 Å². The standard InChI is InChI=1S/C30H22Br2NO3P/c1-2-36-30(34)28-27(20-13-15-21(31)16-14-20)25-18-17-22(32)19-26(25)29(33-28)37(35,23-9-5-3-6-10-23)24-11-7-4-8-12-24/h3-19H,2H2,1H3. The van der Waals surface area contributed by atoms with Crippen LogP contribution in [0.2, 0.25) is 0 Å². The summed E-state index contributed by atoms with van der Waals surface area (Å²) >= 11 is 7.08. The van der Waals surface area contributed by atoms with Gasteiger partial charge < -0.3 is 9.30 Å². The summed E-state index contributed by atoms with van der Waals surface area (Å²) in [6, 6.07) is 32.1. The van der Waals surface area contributed by atoms with Crippen molar-refractivity contribution in [1.29, 1.82) is 0 Å². The number of nitrogens with zero attached hydrogens (tertiary/aromatic N) is 1. The highest BCUT2D eigenvalue weighted by molar-refractivity contribution is 9.10. The van der Waals surface area contributed by atoms with Gasteiger partial charge in [0.2, 0.25) is 0 Å². The summed E-state index contributed by atoms with van der Waals surface area (Å²) in [5.74, 6) is -0.556. The van der Waals surface area contributed by atoms with Crippen molar-refractivity contribution >= 4 is 71.8 Å². The SMILES string of the molecule is CCOC(=O)c1nc(P(=O)(c2ccccc2)c2ccccc2)c2cc(Br)ccc2c1-c1ccc(Br)cc1. The molecule has 5 rings (SSSR count). The van der Waals surface area contributed by atoms with Gasteiger partial charge in [0.15, 0.2) is 12.8 Å². The van der Waals surface area contributed by atoms with E-state index in [-0.39, 0.29) is 12.3 Å². The van der Waals surface area contributed by atoms with Crippen molar-refractivity contribution in [2.24, 2.45) is 0 Å². The van der Waals surface area contributed by atoms with Gasteiger partial charge in [-0.2, -0.15) is 0 Å². The number of aromatic nitrogens is 1. The van der Waals surface area contributed by atoms with Gasteiger partial charge in [0.1, 0.15) is 5.44 Å². The monoisotopic (exact) mass is 633 g/mol. The van der Waals surface area contributed by atoms with Gasteiger partial charge in [0.25, 0.3) is 0 Å². The lowest BCUT2D eigenvalue weighted by atomic mass is 9.97. The molecular formula is C30H22Br2NO3P. The van der Waals surface area contributed by atoms with Gasteiger partial charge in [0.05, 0.1) is 6.61 Å². The Hall–Kier alpha value is -3.05. The molecule has 0 spiro atoms. The lowest BCUT2D eigenvalue weighted by Crippen LogP contribution is -2.29. The molecule has 7 heteroatoms. The summed E-state index contributed by atoms with van der Waals surface area (Å²) in [7, 11) is -3.49. The average Bonchev–Trinajstić information content (AvgIpc) is 2.93. The molecule has 0 N–H and O–H groups in total. The molecule has 0 fully saturated rings. The predicted octanol–water partition coefficient (Wildman–Crippen LogP) is 7.24. The molecule has 0 unspecified atom stereocenters. The Bertz CT molecular complexity index is 1600. The summed E-state index contributed by atoms with van der Waals surface area (Å²) < 4.78 is 22.5. The topological polar surface area (TPSA) is 56.3 Å². The number of hydrogen-bond donors (Lipinski definition) is 0. The van der Waals surface area contributed by atoms with Crippen LogP contribution in [0.4, 0.5) is 0 Å². The summed E-state index contributed by atoms with van der Waals surface area (Å²) in [4.78, 5) is 18.3. The quantitative estimate of drug-likeness (QED) is 0.146. The molecule has 0 amide bonds. The molecule has 1 aromatic heterocycles. The Labute approximate surface area is 232 Å². The molecule has 1 heterocycles. The van der Waals surface area contributed by atoms with Crippen LogP contribution in [0, 0.1) is 0 Å². The van der Waals surface area contributed by atoms with Gasteiger partial charge in [-0.25, -0.2) is 9.78 Å². The third-order valence-electron chi connectivity index (χ3n) is 6.09. The normalized spacial score (nSPS) is 11.4. The molecule has 184 valence electrons. The first kappa shape index (κ1) is 25.6. The predicted molar refractivity (Wildman–Crippen MR) is 158 cm³/mol. The van der Waals surface area contributed by atoms with Crippen LogP contribution in [-0.4, -0.2) is 17.6 Å². The molecule has 0 aliphatic heterocycles. The molecule has 37 heavy (non-hydrogen) atoms. The molecule has 0 radical (unpaired) electrons. The van der Waals surface area contributed by atoms with E-state index in [0.717, 1.165) is 19.9 Å². The second-order valence-electron chi connectivity index (χ2n) is 8.36. The van der Waals surface area contributed by atoms with Crippen molar-refractivity contribution in [2.45, 2.75) is 6.92 Å². The van der Waals surface area contributed by atoms with E-state index in [9.17, 15) is 4.79 Å². The summed E-state index contributed by atoms with van der Waals surface area (Å²) in [6.07, 6.45) is 0. The maximum Gasteiger partial charge on any atom is 0.357 e. The number of halogens is 2. The lowest BCUT2D eigenvalue weighted by molar-refractivity contribution is 0.0521. The van der Waals surface area contributed by atoms with Crippen LogP contribution in [0.15, 0.2) is 112 Å². The number of fused-ring (bicyclic) bond motifs is 1. The molecule has 0 bridgehead atoms. The van der Waals surface area contributed by atoms with Crippen molar-refractivity contribution in [1.82, 2.24) is 4.98 Å². The smallest absolute Gasteiger partial charge is 0.357 e. The zero-order valence-electron chi connectivity index (χ0n) is 19.9. The van der Waals surface area contributed by atoms with Crippen LogP contribution in [0.1, 0.15) is 17.4 Å². The third kappa shape index (κ3) is 4.82. The highest BCUT2D eigenvalue weighted by atomic mass is 79.9. The van der Waals surface area contributed by atoms with Gasteiger partial charge >= 0.3 is 5.97 Å². The first-order valence-electron chi connectivity index (χ1n) is 11.7. The molecule has 4 nitrogen and oxygen atoms in total. The van der Waals surface area contributed by atoms with E-state index in [2.05, 4.69) is 31.9 Å². The summed E-state index contributed by atoms with van der Waals surface area (Å²) in [5.41, 5.74) is 1.95. The van der Waals surface area contributed by atoms with Crippen LogP contribution in [0.3, 0.4) is 0 Å². The molecule has 0 aliphatic rings. The van der Waals surface area contributed by atoms with Crippen LogP contribution in [-0.2, 0) is 9.30 Å². The molecule has 0 saturated heterocycles. The second-order valence-corrected chi connectivity index (χ2v) is 12.9. The number of ether oxygens (including phenoxy) is 1. The Morgan fingerprint density at radius 2 is 1.35 bits per heavy atom. The number of pyridine rings is 1. The molecule has 0 saturated carbocycles. The summed E-state index contributed by atoms with van der Waals surface area (Å²) in [6.45, 7) is 1.96. The maximum atomic E-state index is 15.3. The Balaban J connectivity index is 1.95.